The molecule has 0 saturated heterocycles. The predicted octanol–water partition coefficient (Wildman–Crippen LogP) is 7.10. The van der Waals surface area contributed by atoms with Crippen LogP contribution in [0.4, 0.5) is 38.0 Å². The Bertz CT molecular complexity index is 1400. The average Bonchev–Trinajstić information content (AvgIpc) is 2.83. The van der Waals surface area contributed by atoms with Gasteiger partial charge >= 0.3 is 12.4 Å². The highest BCUT2D eigenvalue weighted by Crippen LogP contribution is 2.30. The molecule has 0 bridgehead atoms. The van der Waals surface area contributed by atoms with E-state index in [0.717, 1.165) is 0 Å². The van der Waals surface area contributed by atoms with Crippen LogP contribution in [0.15, 0.2) is 53.4 Å². The number of nitrogens with zero attached hydrogens (tertiary/aromatic N) is 2. The zero-order valence-corrected chi connectivity index (χ0v) is 24.2. The van der Waals surface area contributed by atoms with Crippen LogP contribution < -0.4 is 10.5 Å². The van der Waals surface area contributed by atoms with Crippen LogP contribution in [0.1, 0.15) is 29.8 Å². The number of nitrogen functional groups attached to an aromatic ring is 1. The van der Waals surface area contributed by atoms with Gasteiger partial charge in [0.15, 0.2) is 0 Å². The molecule has 8 nitrogen and oxygen atoms in total. The molecule has 232 valence electrons. The van der Waals surface area contributed by atoms with E-state index in [4.69, 9.17) is 38.4 Å². The molecular weight excluding hydrogens is 637 g/mol. The Hall–Kier alpha value is -2.85. The highest BCUT2D eigenvalue weighted by atomic mass is 35.5. The molecule has 17 heteroatoms. The van der Waals surface area contributed by atoms with Crippen molar-refractivity contribution in [1.29, 1.82) is 0 Å². The molecular formula is C25H26Cl2F6N4O4S. The molecule has 0 aliphatic rings. The van der Waals surface area contributed by atoms with E-state index in [1.165, 1.54) is 30.3 Å². The summed E-state index contributed by atoms with van der Waals surface area (Å²) in [6, 6.07) is 12.1. The normalized spacial score (nSPS) is 12.0. The monoisotopic (exact) mass is 662 g/mol. The maximum absolute atomic E-state index is 12.6. The minimum atomic E-state index is -4.30. The van der Waals surface area contributed by atoms with E-state index in [-0.39, 0.29) is 41.3 Å². The number of rotatable bonds is 11. The van der Waals surface area contributed by atoms with Gasteiger partial charge in [-0.2, -0.15) is 26.3 Å². The number of nitrogens with two attached hydrogens (primary N) is 1. The molecule has 3 aromatic rings. The quantitative estimate of drug-likeness (QED) is 0.166. The number of benzene rings is 1. The first-order valence-electron chi connectivity index (χ1n) is 11.9. The van der Waals surface area contributed by atoms with Crippen LogP contribution in [0.2, 0.25) is 10.0 Å². The fourth-order valence-electron chi connectivity index (χ4n) is 3.14. The number of aryl methyl sites for hydroxylation is 1. The van der Waals surface area contributed by atoms with Crippen molar-refractivity contribution in [2.24, 2.45) is 0 Å². The van der Waals surface area contributed by atoms with Crippen LogP contribution in [0.3, 0.4) is 0 Å². The number of nitrogens with one attached hydrogen (secondary N) is 1. The molecule has 1 aromatic carbocycles. The van der Waals surface area contributed by atoms with E-state index in [0.29, 0.717) is 22.1 Å². The minimum Gasteiger partial charge on any atom is -0.384 e. The standard InChI is InChI=1S/C16H15Cl2F3N2O3S.C9H11F3N2O/c1-10-7-11(17)8-13(18)15(10)27(24,25)23-14-4-2-3-12(22-14)9-26-6-5-16(19,20)21;10-9(11,12)4-5-15-6-7-2-1-3-8(13)14-7/h2-4,7-8H,5-6,9H2,1H3,(H,22,23);1-3H,4-6H2,(H2,13,14). The van der Waals surface area contributed by atoms with Gasteiger partial charge in [-0.15, -0.1) is 0 Å². The third-order valence-electron chi connectivity index (χ3n) is 4.90. The van der Waals surface area contributed by atoms with Gasteiger partial charge in [-0.25, -0.2) is 18.4 Å². The fourth-order valence-corrected chi connectivity index (χ4v) is 5.33. The van der Waals surface area contributed by atoms with Gasteiger partial charge in [-0.1, -0.05) is 35.3 Å². The van der Waals surface area contributed by atoms with Crippen LogP contribution in [-0.4, -0.2) is 44.0 Å². The molecule has 42 heavy (non-hydrogen) atoms. The molecule has 0 saturated carbocycles. The molecule has 2 heterocycles. The smallest absolute Gasteiger partial charge is 0.384 e. The molecule has 0 unspecified atom stereocenters. The van der Waals surface area contributed by atoms with Gasteiger partial charge in [0.1, 0.15) is 16.5 Å². The number of hydrogen-bond acceptors (Lipinski definition) is 7. The van der Waals surface area contributed by atoms with E-state index in [2.05, 4.69) is 14.7 Å². The Labute approximate surface area is 248 Å². The van der Waals surface area contributed by atoms with E-state index in [1.807, 2.05) is 0 Å². The second-order valence-corrected chi connectivity index (χ2v) is 11.0. The van der Waals surface area contributed by atoms with Gasteiger partial charge in [0, 0.05) is 5.02 Å². The van der Waals surface area contributed by atoms with Crippen molar-refractivity contribution in [3.8, 4) is 0 Å². The lowest BCUT2D eigenvalue weighted by Gasteiger charge is -2.13. The van der Waals surface area contributed by atoms with Crippen molar-refractivity contribution in [3.63, 3.8) is 0 Å². The van der Waals surface area contributed by atoms with Crippen LogP contribution in [0.5, 0.6) is 0 Å². The van der Waals surface area contributed by atoms with Gasteiger partial charge < -0.3 is 15.2 Å². The van der Waals surface area contributed by atoms with Crippen LogP contribution >= 0.6 is 23.2 Å². The van der Waals surface area contributed by atoms with Crippen molar-refractivity contribution >= 4 is 44.9 Å². The second-order valence-electron chi connectivity index (χ2n) is 8.54. The molecule has 0 spiro atoms. The summed E-state index contributed by atoms with van der Waals surface area (Å²) in [5.74, 6) is 0.309. The number of halogens is 8. The summed E-state index contributed by atoms with van der Waals surface area (Å²) in [7, 11) is -4.05. The molecule has 3 rings (SSSR count). The number of aromatic nitrogens is 2. The first-order valence-corrected chi connectivity index (χ1v) is 14.1. The summed E-state index contributed by atoms with van der Waals surface area (Å²) in [5, 5.41) is 0.256. The average molecular weight is 663 g/mol. The van der Waals surface area contributed by atoms with E-state index in [1.54, 1.807) is 25.1 Å². The van der Waals surface area contributed by atoms with Gasteiger partial charge in [0.25, 0.3) is 10.0 Å². The Morgan fingerprint density at radius 2 is 1.38 bits per heavy atom. The summed E-state index contributed by atoms with van der Waals surface area (Å²) in [5.41, 5.74) is 6.54. The number of sulfonamides is 1. The number of hydrogen-bond donors (Lipinski definition) is 2. The minimum absolute atomic E-state index is 0.0164. The zero-order valence-electron chi connectivity index (χ0n) is 21.9. The van der Waals surface area contributed by atoms with E-state index < -0.39 is 41.8 Å². The molecule has 0 aliphatic heterocycles. The van der Waals surface area contributed by atoms with Crippen molar-refractivity contribution in [2.45, 2.75) is 50.2 Å². The van der Waals surface area contributed by atoms with Crippen molar-refractivity contribution < 1.29 is 44.2 Å². The van der Waals surface area contributed by atoms with Crippen molar-refractivity contribution in [2.75, 3.05) is 23.7 Å². The van der Waals surface area contributed by atoms with E-state index in [9.17, 15) is 34.8 Å². The summed E-state index contributed by atoms with van der Waals surface area (Å²) >= 11 is 11.8. The van der Waals surface area contributed by atoms with Crippen molar-refractivity contribution in [1.82, 2.24) is 9.97 Å². The van der Waals surface area contributed by atoms with Gasteiger partial charge in [-0.05, 0) is 48.9 Å². The Kier molecular flexibility index (Phi) is 13.1. The van der Waals surface area contributed by atoms with Gasteiger partial charge in [-0.3, -0.25) is 4.72 Å². The maximum atomic E-state index is 12.6. The summed E-state index contributed by atoms with van der Waals surface area (Å²) in [6.45, 7) is 0.527. The molecule has 0 atom stereocenters. The summed E-state index contributed by atoms with van der Waals surface area (Å²) < 4.78 is 109. The fraction of sp³-hybridized carbons (Fsp3) is 0.360. The van der Waals surface area contributed by atoms with Crippen LogP contribution in [-0.2, 0) is 32.7 Å². The number of alkyl halides is 6. The Morgan fingerprint density at radius 3 is 1.88 bits per heavy atom. The highest BCUT2D eigenvalue weighted by Gasteiger charge is 2.27. The molecule has 0 fully saturated rings. The predicted molar refractivity (Wildman–Crippen MR) is 146 cm³/mol. The lowest BCUT2D eigenvalue weighted by Crippen LogP contribution is -2.16. The summed E-state index contributed by atoms with van der Waals surface area (Å²) in [4.78, 5) is 7.77. The van der Waals surface area contributed by atoms with Crippen LogP contribution in [0.25, 0.3) is 0 Å². The zero-order chi connectivity index (χ0) is 31.6. The van der Waals surface area contributed by atoms with Crippen LogP contribution in [0, 0.1) is 6.92 Å². The topological polar surface area (TPSA) is 116 Å². The summed E-state index contributed by atoms with van der Waals surface area (Å²) in [6.07, 6.45) is -10.5. The van der Waals surface area contributed by atoms with Gasteiger partial charge in [0.05, 0.1) is 55.7 Å². The molecule has 0 radical (unpaired) electrons. The van der Waals surface area contributed by atoms with Gasteiger partial charge in [0.2, 0.25) is 0 Å². The highest BCUT2D eigenvalue weighted by molar-refractivity contribution is 7.92. The largest absolute Gasteiger partial charge is 0.391 e. The Morgan fingerprint density at radius 1 is 0.857 bits per heavy atom. The first kappa shape index (κ1) is 35.3. The number of pyridine rings is 2. The molecule has 3 N–H and O–H groups in total. The lowest BCUT2D eigenvalue weighted by molar-refractivity contribution is -0.147. The number of anilines is 2. The number of ether oxygens (including phenoxy) is 2. The molecule has 0 aliphatic carbocycles. The van der Waals surface area contributed by atoms with E-state index >= 15 is 0 Å². The molecule has 0 amide bonds. The van der Waals surface area contributed by atoms with Crippen molar-refractivity contribution in [3.05, 3.63) is 75.5 Å². The Balaban J connectivity index is 0.000000347. The second kappa shape index (κ2) is 15.6. The lowest BCUT2D eigenvalue weighted by atomic mass is 10.2. The molecule has 2 aromatic heterocycles. The maximum Gasteiger partial charge on any atom is 0.391 e. The third-order valence-corrected chi connectivity index (χ3v) is 7.08. The SMILES string of the molecule is Cc1cc(Cl)cc(Cl)c1S(=O)(=O)Nc1cccc(COCCC(F)(F)F)n1.Nc1cccc(COCCC(F)(F)F)n1. The first-order chi connectivity index (χ1) is 19.4. The third kappa shape index (κ3) is 13.4.